The minimum atomic E-state index is -4.40. The predicted octanol–water partition coefficient (Wildman–Crippen LogP) is 2.50. The molecule has 1 unspecified atom stereocenters. The quantitative estimate of drug-likeness (QED) is 0.784. The molecule has 0 saturated carbocycles. The average molecular weight is 289 g/mol. The third kappa shape index (κ3) is 4.94. The Kier molecular flexibility index (Phi) is 6.16. The Balaban J connectivity index is 2.92. The molecule has 1 rings (SSSR count). The van der Waals surface area contributed by atoms with Crippen molar-refractivity contribution in [3.05, 3.63) is 35.9 Å². The number of Topliss-reactive ketones (excluding diaryl/α,β-unsaturated/α-hetero) is 1. The van der Waals surface area contributed by atoms with Crippen molar-refractivity contribution in [3.63, 3.8) is 0 Å². The van der Waals surface area contributed by atoms with Crippen LogP contribution in [0, 0.1) is 0 Å². The third-order valence-electron chi connectivity index (χ3n) is 2.96. The molecule has 112 valence electrons. The van der Waals surface area contributed by atoms with Crippen LogP contribution in [-0.4, -0.2) is 47.7 Å². The molecule has 0 aromatic heterocycles. The summed E-state index contributed by atoms with van der Waals surface area (Å²) >= 11 is 0. The Bertz CT molecular complexity index is 420. The summed E-state index contributed by atoms with van der Waals surface area (Å²) < 4.78 is 37.7. The fraction of sp³-hybridized carbons (Fsp3) is 0.500. The molecule has 0 saturated heterocycles. The lowest BCUT2D eigenvalue weighted by atomic mass is 10.0. The molecule has 6 heteroatoms. The minimum Gasteiger partial charge on any atom is -0.395 e. The summed E-state index contributed by atoms with van der Waals surface area (Å²) in [5.41, 5.74) is 0.379. The molecule has 1 aromatic rings. The monoisotopic (exact) mass is 289 g/mol. The van der Waals surface area contributed by atoms with E-state index in [1.54, 1.807) is 37.3 Å². The fourth-order valence-corrected chi connectivity index (χ4v) is 2.11. The van der Waals surface area contributed by atoms with E-state index in [4.69, 9.17) is 5.11 Å². The minimum absolute atomic E-state index is 0.184. The maximum atomic E-state index is 12.6. The summed E-state index contributed by atoms with van der Waals surface area (Å²) in [4.78, 5) is 13.3. The van der Waals surface area contributed by atoms with Crippen LogP contribution < -0.4 is 0 Å². The number of rotatable bonds is 7. The Morgan fingerprint density at radius 1 is 1.30 bits per heavy atom. The van der Waals surface area contributed by atoms with Gasteiger partial charge < -0.3 is 5.11 Å². The number of carbonyl (C=O) groups excluding carboxylic acids is 1. The molecule has 0 aliphatic heterocycles. The second kappa shape index (κ2) is 7.40. The highest BCUT2D eigenvalue weighted by Gasteiger charge is 2.35. The largest absolute Gasteiger partial charge is 0.401 e. The summed E-state index contributed by atoms with van der Waals surface area (Å²) in [5.74, 6) is -0.356. The summed E-state index contributed by atoms with van der Waals surface area (Å²) in [6.07, 6.45) is -4.15. The van der Waals surface area contributed by atoms with Crippen molar-refractivity contribution in [2.75, 3.05) is 19.7 Å². The van der Waals surface area contributed by atoms with Crippen LogP contribution in [0.25, 0.3) is 0 Å². The van der Waals surface area contributed by atoms with E-state index in [0.717, 1.165) is 4.90 Å². The number of carbonyl (C=O) groups is 1. The van der Waals surface area contributed by atoms with Gasteiger partial charge in [-0.2, -0.15) is 13.2 Å². The van der Waals surface area contributed by atoms with Crippen LogP contribution in [0.4, 0.5) is 13.2 Å². The van der Waals surface area contributed by atoms with Gasteiger partial charge in [0.2, 0.25) is 0 Å². The number of hydrogen-bond acceptors (Lipinski definition) is 3. The summed E-state index contributed by atoms with van der Waals surface area (Å²) in [5, 5.41) is 8.91. The molecule has 1 aromatic carbocycles. The van der Waals surface area contributed by atoms with Gasteiger partial charge in [0, 0.05) is 12.1 Å². The van der Waals surface area contributed by atoms with Crippen molar-refractivity contribution in [1.29, 1.82) is 0 Å². The van der Waals surface area contributed by atoms with Crippen molar-refractivity contribution in [3.8, 4) is 0 Å². The zero-order valence-electron chi connectivity index (χ0n) is 11.2. The van der Waals surface area contributed by atoms with E-state index >= 15 is 0 Å². The van der Waals surface area contributed by atoms with Crippen LogP contribution in [0.2, 0.25) is 0 Å². The highest BCUT2D eigenvalue weighted by molar-refractivity contribution is 6.00. The standard InChI is InChI=1S/C14H18F3NO2/c1-2-12(13(20)11-6-4-3-5-7-11)18(8-9-19)10-14(15,16)17/h3-7,12,19H,2,8-10H2,1H3. The van der Waals surface area contributed by atoms with E-state index in [0.29, 0.717) is 5.56 Å². The molecule has 0 aliphatic rings. The molecule has 3 nitrogen and oxygen atoms in total. The first-order chi connectivity index (χ1) is 9.39. The van der Waals surface area contributed by atoms with Crippen molar-refractivity contribution < 1.29 is 23.1 Å². The maximum absolute atomic E-state index is 12.6. The lowest BCUT2D eigenvalue weighted by Gasteiger charge is -2.30. The Hall–Kier alpha value is -1.40. The third-order valence-corrected chi connectivity index (χ3v) is 2.96. The number of hydrogen-bond donors (Lipinski definition) is 1. The zero-order chi connectivity index (χ0) is 15.2. The Morgan fingerprint density at radius 2 is 1.90 bits per heavy atom. The molecule has 0 bridgehead atoms. The van der Waals surface area contributed by atoms with Crippen LogP contribution in [0.5, 0.6) is 0 Å². The lowest BCUT2D eigenvalue weighted by Crippen LogP contribution is -2.47. The van der Waals surface area contributed by atoms with Gasteiger partial charge >= 0.3 is 6.18 Å². The number of nitrogens with zero attached hydrogens (tertiary/aromatic N) is 1. The molecule has 0 aliphatic carbocycles. The van der Waals surface area contributed by atoms with Gasteiger partial charge in [-0.3, -0.25) is 9.69 Å². The molecule has 0 fully saturated rings. The van der Waals surface area contributed by atoms with Crippen molar-refractivity contribution >= 4 is 5.78 Å². The summed E-state index contributed by atoms with van der Waals surface area (Å²) in [7, 11) is 0. The molecular formula is C14H18F3NO2. The highest BCUT2D eigenvalue weighted by atomic mass is 19.4. The van der Waals surface area contributed by atoms with E-state index in [-0.39, 0.29) is 18.7 Å². The van der Waals surface area contributed by atoms with Gasteiger partial charge in [0.1, 0.15) is 0 Å². The van der Waals surface area contributed by atoms with Crippen LogP contribution in [-0.2, 0) is 0 Å². The van der Waals surface area contributed by atoms with Crippen LogP contribution in [0.15, 0.2) is 30.3 Å². The van der Waals surface area contributed by atoms with Gasteiger partial charge in [0.15, 0.2) is 5.78 Å². The fourth-order valence-electron chi connectivity index (χ4n) is 2.11. The summed E-state index contributed by atoms with van der Waals surface area (Å²) in [6, 6.07) is 7.34. The van der Waals surface area contributed by atoms with Gasteiger partial charge in [-0.25, -0.2) is 0 Å². The molecule has 1 atom stereocenters. The van der Waals surface area contributed by atoms with Crippen molar-refractivity contribution in [2.24, 2.45) is 0 Å². The second-order valence-corrected chi connectivity index (χ2v) is 4.46. The van der Waals surface area contributed by atoms with E-state index < -0.39 is 25.4 Å². The molecular weight excluding hydrogens is 271 g/mol. The van der Waals surface area contributed by atoms with Gasteiger partial charge in [-0.1, -0.05) is 37.3 Å². The smallest absolute Gasteiger partial charge is 0.395 e. The maximum Gasteiger partial charge on any atom is 0.401 e. The number of aliphatic hydroxyl groups is 1. The first kappa shape index (κ1) is 16.7. The number of benzene rings is 1. The van der Waals surface area contributed by atoms with E-state index in [1.165, 1.54) is 0 Å². The number of ketones is 1. The molecule has 0 spiro atoms. The van der Waals surface area contributed by atoms with E-state index in [2.05, 4.69) is 0 Å². The molecule has 20 heavy (non-hydrogen) atoms. The zero-order valence-corrected chi connectivity index (χ0v) is 11.2. The first-order valence-electron chi connectivity index (χ1n) is 6.40. The van der Waals surface area contributed by atoms with Crippen LogP contribution in [0.1, 0.15) is 23.7 Å². The van der Waals surface area contributed by atoms with E-state index in [9.17, 15) is 18.0 Å². The number of alkyl halides is 3. The number of aliphatic hydroxyl groups excluding tert-OH is 1. The Morgan fingerprint density at radius 3 is 2.35 bits per heavy atom. The lowest BCUT2D eigenvalue weighted by molar-refractivity contribution is -0.149. The molecule has 0 amide bonds. The van der Waals surface area contributed by atoms with Gasteiger partial charge in [0.25, 0.3) is 0 Å². The SMILES string of the molecule is CCC(C(=O)c1ccccc1)N(CCO)CC(F)(F)F. The van der Waals surface area contributed by atoms with E-state index in [1.807, 2.05) is 0 Å². The van der Waals surface area contributed by atoms with Gasteiger partial charge in [-0.15, -0.1) is 0 Å². The van der Waals surface area contributed by atoms with Crippen LogP contribution >= 0.6 is 0 Å². The molecule has 1 N–H and O–H groups in total. The molecule has 0 heterocycles. The summed E-state index contributed by atoms with van der Waals surface area (Å²) in [6.45, 7) is -0.151. The Labute approximate surface area is 116 Å². The average Bonchev–Trinajstić information content (AvgIpc) is 2.39. The van der Waals surface area contributed by atoms with Gasteiger partial charge in [-0.05, 0) is 6.42 Å². The highest BCUT2D eigenvalue weighted by Crippen LogP contribution is 2.20. The van der Waals surface area contributed by atoms with Crippen molar-refractivity contribution in [2.45, 2.75) is 25.6 Å². The molecule has 0 radical (unpaired) electrons. The topological polar surface area (TPSA) is 40.5 Å². The van der Waals surface area contributed by atoms with Gasteiger partial charge in [0.05, 0.1) is 19.2 Å². The van der Waals surface area contributed by atoms with Crippen LogP contribution in [0.3, 0.4) is 0 Å². The number of halogens is 3. The normalized spacial score (nSPS) is 13.5. The second-order valence-electron chi connectivity index (χ2n) is 4.46. The first-order valence-corrected chi connectivity index (χ1v) is 6.40. The van der Waals surface area contributed by atoms with Crippen molar-refractivity contribution in [1.82, 2.24) is 4.90 Å². The predicted molar refractivity (Wildman–Crippen MR) is 69.6 cm³/mol.